The van der Waals surface area contributed by atoms with E-state index in [1.165, 1.54) is 32.1 Å². The quantitative estimate of drug-likeness (QED) is 0.790. The maximum Gasteiger partial charge on any atom is 0.0617 e. The molecule has 2 heteroatoms. The third kappa shape index (κ3) is 3.47. The molecule has 0 unspecified atom stereocenters. The molecule has 0 aromatic carbocycles. The summed E-state index contributed by atoms with van der Waals surface area (Å²) in [5.74, 6) is 2.34. The van der Waals surface area contributed by atoms with Crippen LogP contribution in [0.5, 0.6) is 0 Å². The van der Waals surface area contributed by atoms with Crippen LogP contribution in [-0.2, 0) is 0 Å². The van der Waals surface area contributed by atoms with Gasteiger partial charge in [-0.1, -0.05) is 33.6 Å². The summed E-state index contributed by atoms with van der Waals surface area (Å²) >= 11 is 0. The SMILES string of the molecule is C[C@H](CC[C@@H](C)C(C)(C)O)[C@H]1CC[C@H]2[C@@H](O)CCC[C@]12C. The molecular weight excluding hydrogens is 260 g/mol. The summed E-state index contributed by atoms with van der Waals surface area (Å²) in [5.41, 5.74) is -0.210. The number of rotatable bonds is 5. The molecule has 0 radical (unpaired) electrons. The lowest BCUT2D eigenvalue weighted by atomic mass is 9.61. The lowest BCUT2D eigenvalue weighted by Crippen LogP contribution is -2.41. The fourth-order valence-corrected chi connectivity index (χ4v) is 5.19. The molecule has 0 heterocycles. The molecule has 0 saturated heterocycles. The van der Waals surface area contributed by atoms with Gasteiger partial charge < -0.3 is 10.2 Å². The average Bonchev–Trinajstić information content (AvgIpc) is 2.73. The van der Waals surface area contributed by atoms with Gasteiger partial charge in [-0.2, -0.15) is 0 Å². The van der Waals surface area contributed by atoms with E-state index in [2.05, 4.69) is 20.8 Å². The first-order valence-electron chi connectivity index (χ1n) is 9.06. The van der Waals surface area contributed by atoms with Gasteiger partial charge in [-0.3, -0.25) is 0 Å². The summed E-state index contributed by atoms with van der Waals surface area (Å²) in [6.45, 7) is 10.8. The van der Waals surface area contributed by atoms with Crippen LogP contribution < -0.4 is 0 Å². The smallest absolute Gasteiger partial charge is 0.0617 e. The summed E-state index contributed by atoms with van der Waals surface area (Å²) < 4.78 is 0. The van der Waals surface area contributed by atoms with E-state index in [0.29, 0.717) is 23.2 Å². The van der Waals surface area contributed by atoms with Crippen LogP contribution in [0.3, 0.4) is 0 Å². The van der Waals surface area contributed by atoms with E-state index in [0.717, 1.165) is 18.8 Å². The molecule has 0 aliphatic heterocycles. The van der Waals surface area contributed by atoms with Crippen molar-refractivity contribution in [2.75, 3.05) is 0 Å². The summed E-state index contributed by atoms with van der Waals surface area (Å²) in [4.78, 5) is 0. The van der Waals surface area contributed by atoms with Crippen LogP contribution in [0.4, 0.5) is 0 Å². The third-order valence-electron chi connectivity index (χ3n) is 7.11. The molecule has 2 fully saturated rings. The molecule has 2 nitrogen and oxygen atoms in total. The van der Waals surface area contributed by atoms with Crippen LogP contribution in [0, 0.1) is 29.1 Å². The van der Waals surface area contributed by atoms with Gasteiger partial charge in [0, 0.05) is 0 Å². The zero-order valence-corrected chi connectivity index (χ0v) is 14.7. The first-order valence-corrected chi connectivity index (χ1v) is 9.06. The monoisotopic (exact) mass is 296 g/mol. The Labute approximate surface area is 131 Å². The normalized spacial score (nSPS) is 39.9. The van der Waals surface area contributed by atoms with E-state index in [9.17, 15) is 10.2 Å². The van der Waals surface area contributed by atoms with Crippen molar-refractivity contribution in [3.63, 3.8) is 0 Å². The van der Waals surface area contributed by atoms with Crippen molar-refractivity contribution in [3.05, 3.63) is 0 Å². The minimum atomic E-state index is -0.567. The van der Waals surface area contributed by atoms with Gasteiger partial charge in [0.25, 0.3) is 0 Å². The number of hydrogen-bond acceptors (Lipinski definition) is 2. The Morgan fingerprint density at radius 3 is 2.43 bits per heavy atom. The predicted molar refractivity (Wildman–Crippen MR) is 88.0 cm³/mol. The van der Waals surface area contributed by atoms with Gasteiger partial charge in [-0.05, 0) is 75.0 Å². The van der Waals surface area contributed by atoms with Crippen molar-refractivity contribution in [1.82, 2.24) is 0 Å². The lowest BCUT2D eigenvalue weighted by molar-refractivity contribution is -0.0299. The van der Waals surface area contributed by atoms with Crippen LogP contribution in [0.25, 0.3) is 0 Å². The van der Waals surface area contributed by atoms with Gasteiger partial charge in [-0.25, -0.2) is 0 Å². The van der Waals surface area contributed by atoms with E-state index in [1.807, 2.05) is 13.8 Å². The van der Waals surface area contributed by atoms with E-state index in [-0.39, 0.29) is 6.10 Å². The molecule has 0 aromatic heterocycles. The van der Waals surface area contributed by atoms with Crippen molar-refractivity contribution in [1.29, 1.82) is 0 Å². The largest absolute Gasteiger partial charge is 0.393 e. The van der Waals surface area contributed by atoms with Gasteiger partial charge in [-0.15, -0.1) is 0 Å². The van der Waals surface area contributed by atoms with Crippen LogP contribution >= 0.6 is 0 Å². The van der Waals surface area contributed by atoms with E-state index >= 15 is 0 Å². The number of hydrogen-bond donors (Lipinski definition) is 2. The van der Waals surface area contributed by atoms with Gasteiger partial charge in [0.05, 0.1) is 11.7 Å². The maximum absolute atomic E-state index is 10.3. The van der Waals surface area contributed by atoms with E-state index in [4.69, 9.17) is 0 Å². The summed E-state index contributed by atoms with van der Waals surface area (Å²) in [6.07, 6.45) is 8.25. The summed E-state index contributed by atoms with van der Waals surface area (Å²) in [6, 6.07) is 0. The second-order valence-electron chi connectivity index (χ2n) is 8.87. The average molecular weight is 296 g/mol. The Hall–Kier alpha value is -0.0800. The van der Waals surface area contributed by atoms with E-state index in [1.54, 1.807) is 0 Å². The van der Waals surface area contributed by atoms with E-state index < -0.39 is 5.60 Å². The Morgan fingerprint density at radius 2 is 1.81 bits per heavy atom. The lowest BCUT2D eigenvalue weighted by Gasteiger charge is -2.45. The highest BCUT2D eigenvalue weighted by molar-refractivity contribution is 5.01. The zero-order chi connectivity index (χ0) is 15.8. The van der Waals surface area contributed by atoms with Crippen molar-refractivity contribution >= 4 is 0 Å². The molecule has 2 aliphatic carbocycles. The van der Waals surface area contributed by atoms with Gasteiger partial charge in [0.15, 0.2) is 0 Å². The molecule has 124 valence electrons. The minimum Gasteiger partial charge on any atom is -0.393 e. The Kier molecular flexibility index (Phi) is 5.10. The van der Waals surface area contributed by atoms with Crippen LogP contribution in [-0.4, -0.2) is 21.9 Å². The molecule has 21 heavy (non-hydrogen) atoms. The first-order chi connectivity index (χ1) is 9.66. The number of fused-ring (bicyclic) bond motifs is 1. The standard InChI is InChI=1S/C19H36O2/c1-13(8-9-14(2)18(3,4)21)15-10-11-16-17(20)7-6-12-19(15,16)5/h13-17,20-21H,6-12H2,1-5H3/t13-,14-,15-,16+,17+,19-/m1/s1. The molecular formula is C19H36O2. The molecule has 0 bridgehead atoms. The third-order valence-corrected chi connectivity index (χ3v) is 7.11. The van der Waals surface area contributed by atoms with Gasteiger partial charge in [0.1, 0.15) is 0 Å². The van der Waals surface area contributed by atoms with Gasteiger partial charge in [0.2, 0.25) is 0 Å². The zero-order valence-electron chi connectivity index (χ0n) is 14.7. The van der Waals surface area contributed by atoms with Crippen molar-refractivity contribution in [2.24, 2.45) is 29.1 Å². The highest BCUT2D eigenvalue weighted by atomic mass is 16.3. The minimum absolute atomic E-state index is 0.0590. The topological polar surface area (TPSA) is 40.5 Å². The molecule has 6 atom stereocenters. The Bertz CT molecular complexity index is 346. The maximum atomic E-state index is 10.3. The second kappa shape index (κ2) is 6.20. The van der Waals surface area contributed by atoms with Crippen molar-refractivity contribution in [2.45, 2.75) is 91.3 Å². The molecule has 2 N–H and O–H groups in total. The Morgan fingerprint density at radius 1 is 1.14 bits per heavy atom. The summed E-state index contributed by atoms with van der Waals surface area (Å²) in [7, 11) is 0. The molecule has 2 saturated carbocycles. The van der Waals surface area contributed by atoms with Crippen molar-refractivity contribution < 1.29 is 10.2 Å². The van der Waals surface area contributed by atoms with Gasteiger partial charge >= 0.3 is 0 Å². The number of aliphatic hydroxyl groups excluding tert-OH is 1. The van der Waals surface area contributed by atoms with Crippen LogP contribution in [0.15, 0.2) is 0 Å². The molecule has 2 rings (SSSR count). The molecule has 0 amide bonds. The fraction of sp³-hybridized carbons (Fsp3) is 1.00. The highest BCUT2D eigenvalue weighted by Crippen LogP contribution is 2.58. The highest BCUT2D eigenvalue weighted by Gasteiger charge is 2.52. The van der Waals surface area contributed by atoms with Crippen LogP contribution in [0.2, 0.25) is 0 Å². The predicted octanol–water partition coefficient (Wildman–Crippen LogP) is 4.39. The Balaban J connectivity index is 1.95. The molecule has 2 aliphatic rings. The summed E-state index contributed by atoms with van der Waals surface area (Å²) in [5, 5.41) is 20.4. The first kappa shape index (κ1) is 17.3. The molecule has 0 aromatic rings. The fourth-order valence-electron chi connectivity index (χ4n) is 5.19. The number of aliphatic hydroxyl groups is 2. The second-order valence-corrected chi connectivity index (χ2v) is 8.87. The molecule has 0 spiro atoms. The van der Waals surface area contributed by atoms with Crippen molar-refractivity contribution in [3.8, 4) is 0 Å². The van der Waals surface area contributed by atoms with Crippen LogP contribution in [0.1, 0.15) is 79.6 Å².